The molecule has 1 aliphatic heterocycles. The van der Waals surface area contributed by atoms with E-state index in [1.165, 1.54) is 36.2 Å². The summed E-state index contributed by atoms with van der Waals surface area (Å²) in [5.41, 5.74) is 9.72. The summed E-state index contributed by atoms with van der Waals surface area (Å²) in [5.74, 6) is -0.650. The molecule has 5 nitrogen and oxygen atoms in total. The number of amides is 1. The van der Waals surface area contributed by atoms with E-state index in [9.17, 15) is 4.79 Å². The number of primary amides is 1. The van der Waals surface area contributed by atoms with E-state index in [1.54, 1.807) is 0 Å². The average Bonchev–Trinajstić information content (AvgIpc) is 2.92. The Hall–Kier alpha value is -0.800. The van der Waals surface area contributed by atoms with Crippen molar-refractivity contribution < 1.29 is 4.79 Å². The molecular weight excluding hydrogens is 324 g/mol. The Kier molecular flexibility index (Phi) is 8.70. The molecule has 1 amide bonds. The maximum absolute atomic E-state index is 10.0. The highest BCUT2D eigenvalue weighted by Gasteiger charge is 2.12. The van der Waals surface area contributed by atoms with Gasteiger partial charge in [0.2, 0.25) is 0 Å². The summed E-state index contributed by atoms with van der Waals surface area (Å²) in [6.07, 6.45) is 2.68. The SMILES string of the molecule is NS/C=C(\N)C(N)=O.Sc1cccc(SN2CCCC2)c1. The summed E-state index contributed by atoms with van der Waals surface area (Å²) in [7, 11) is 0. The summed E-state index contributed by atoms with van der Waals surface area (Å²) in [6, 6.07) is 8.33. The summed E-state index contributed by atoms with van der Waals surface area (Å²) < 4.78 is 2.42. The lowest BCUT2D eigenvalue weighted by Gasteiger charge is -2.12. The molecule has 0 radical (unpaired) electrons. The van der Waals surface area contributed by atoms with Gasteiger partial charge in [-0.3, -0.25) is 9.93 Å². The van der Waals surface area contributed by atoms with E-state index < -0.39 is 5.91 Å². The minimum atomic E-state index is -0.650. The second-order valence-corrected chi connectivity index (χ2v) is 6.49. The third kappa shape index (κ3) is 7.68. The lowest BCUT2D eigenvalue weighted by molar-refractivity contribution is -0.114. The van der Waals surface area contributed by atoms with Gasteiger partial charge in [-0.25, -0.2) is 4.31 Å². The number of rotatable bonds is 4. The highest BCUT2D eigenvalue weighted by molar-refractivity contribution is 8.00. The van der Waals surface area contributed by atoms with Crippen LogP contribution in [0.1, 0.15) is 12.8 Å². The van der Waals surface area contributed by atoms with Crippen LogP contribution in [0.15, 0.2) is 45.2 Å². The van der Waals surface area contributed by atoms with Crippen LogP contribution in [0.5, 0.6) is 0 Å². The van der Waals surface area contributed by atoms with Gasteiger partial charge in [-0.2, -0.15) is 0 Å². The molecule has 0 saturated carbocycles. The van der Waals surface area contributed by atoms with Crippen molar-refractivity contribution in [1.29, 1.82) is 0 Å². The van der Waals surface area contributed by atoms with Crippen LogP contribution < -0.4 is 16.6 Å². The molecule has 8 heteroatoms. The first kappa shape index (κ1) is 18.2. The number of hydrogen-bond donors (Lipinski definition) is 4. The first-order valence-corrected chi connectivity index (χ1v) is 8.52. The zero-order valence-corrected chi connectivity index (χ0v) is 14.1. The van der Waals surface area contributed by atoms with Gasteiger partial charge in [0, 0.05) is 28.3 Å². The number of hydrogen-bond acceptors (Lipinski definition) is 7. The molecule has 1 fully saturated rings. The Balaban J connectivity index is 0.000000240. The van der Waals surface area contributed by atoms with E-state index in [0.717, 1.165) is 16.8 Å². The molecule has 1 saturated heterocycles. The van der Waals surface area contributed by atoms with Gasteiger partial charge < -0.3 is 11.5 Å². The molecule has 6 N–H and O–H groups in total. The van der Waals surface area contributed by atoms with Gasteiger partial charge in [0.05, 0.1) is 0 Å². The van der Waals surface area contributed by atoms with Crippen LogP contribution in [0, 0.1) is 0 Å². The van der Waals surface area contributed by atoms with Crippen LogP contribution in [0.2, 0.25) is 0 Å². The summed E-state index contributed by atoms with van der Waals surface area (Å²) >= 11 is 7.02. The van der Waals surface area contributed by atoms with Gasteiger partial charge in [-0.1, -0.05) is 18.0 Å². The molecule has 1 aromatic carbocycles. The van der Waals surface area contributed by atoms with E-state index in [0.29, 0.717) is 0 Å². The Bertz CT molecular complexity index is 490. The number of carbonyl (C=O) groups excluding carboxylic acids is 1. The fraction of sp³-hybridized carbons (Fsp3) is 0.308. The van der Waals surface area contributed by atoms with Crippen molar-refractivity contribution >= 4 is 42.4 Å². The van der Waals surface area contributed by atoms with Crippen molar-refractivity contribution in [1.82, 2.24) is 4.31 Å². The molecule has 0 unspecified atom stereocenters. The number of nitrogens with two attached hydrogens (primary N) is 3. The number of benzene rings is 1. The molecular formula is C13H20N4OS3. The predicted octanol–water partition coefficient (Wildman–Crippen LogP) is 1.96. The number of nitrogens with zero attached hydrogens (tertiary/aromatic N) is 1. The minimum absolute atomic E-state index is 0.0162. The van der Waals surface area contributed by atoms with E-state index in [-0.39, 0.29) is 5.70 Å². The molecule has 0 spiro atoms. The Morgan fingerprint density at radius 3 is 2.43 bits per heavy atom. The van der Waals surface area contributed by atoms with Gasteiger partial charge in [-0.05, 0) is 43.0 Å². The molecule has 116 valence electrons. The second kappa shape index (κ2) is 10.0. The Morgan fingerprint density at radius 2 is 1.95 bits per heavy atom. The lowest BCUT2D eigenvalue weighted by Crippen LogP contribution is -2.19. The minimum Gasteiger partial charge on any atom is -0.394 e. The van der Waals surface area contributed by atoms with Crippen molar-refractivity contribution in [3.8, 4) is 0 Å². The van der Waals surface area contributed by atoms with E-state index in [4.69, 9.17) is 16.6 Å². The second-order valence-electron chi connectivity index (χ2n) is 4.30. The van der Waals surface area contributed by atoms with Gasteiger partial charge in [0.15, 0.2) is 0 Å². The fourth-order valence-corrected chi connectivity index (χ4v) is 3.23. The van der Waals surface area contributed by atoms with E-state index >= 15 is 0 Å². The summed E-state index contributed by atoms with van der Waals surface area (Å²) in [6.45, 7) is 2.45. The van der Waals surface area contributed by atoms with Gasteiger partial charge in [0.25, 0.3) is 5.91 Å². The maximum atomic E-state index is 10.0. The highest BCUT2D eigenvalue weighted by atomic mass is 32.2. The zero-order chi connectivity index (χ0) is 15.7. The molecule has 1 aromatic rings. The lowest BCUT2D eigenvalue weighted by atomic mass is 10.4. The van der Waals surface area contributed by atoms with Gasteiger partial charge >= 0.3 is 0 Å². The summed E-state index contributed by atoms with van der Waals surface area (Å²) in [4.78, 5) is 12.4. The molecule has 2 rings (SSSR count). The third-order valence-corrected chi connectivity index (χ3v) is 4.35. The van der Waals surface area contributed by atoms with Crippen molar-refractivity contribution in [2.45, 2.75) is 22.6 Å². The molecule has 0 atom stereocenters. The third-order valence-electron chi connectivity index (χ3n) is 2.60. The Labute approximate surface area is 139 Å². The molecule has 0 aliphatic carbocycles. The average molecular weight is 345 g/mol. The van der Waals surface area contributed by atoms with E-state index in [1.807, 2.05) is 18.0 Å². The quantitative estimate of drug-likeness (QED) is 0.379. The van der Waals surface area contributed by atoms with Crippen molar-refractivity contribution in [3.05, 3.63) is 35.4 Å². The largest absolute Gasteiger partial charge is 0.394 e. The first-order chi connectivity index (χ1) is 10.0. The smallest absolute Gasteiger partial charge is 0.265 e. The number of thiol groups is 1. The molecule has 1 aliphatic rings. The van der Waals surface area contributed by atoms with Crippen LogP contribution in [-0.4, -0.2) is 23.3 Å². The predicted molar refractivity (Wildman–Crippen MR) is 93.6 cm³/mol. The molecule has 1 heterocycles. The van der Waals surface area contributed by atoms with Gasteiger partial charge in [0.1, 0.15) is 5.70 Å². The van der Waals surface area contributed by atoms with Crippen LogP contribution in [0.4, 0.5) is 0 Å². The van der Waals surface area contributed by atoms with Crippen LogP contribution >= 0.6 is 36.5 Å². The normalized spacial score (nSPS) is 15.4. The van der Waals surface area contributed by atoms with Crippen molar-refractivity contribution in [2.24, 2.45) is 16.6 Å². The number of carbonyl (C=O) groups is 1. The van der Waals surface area contributed by atoms with Crippen LogP contribution in [0.3, 0.4) is 0 Å². The summed E-state index contributed by atoms with van der Waals surface area (Å²) in [5, 5.41) is 6.20. The topological polar surface area (TPSA) is 98.4 Å². The zero-order valence-electron chi connectivity index (χ0n) is 11.6. The van der Waals surface area contributed by atoms with Gasteiger partial charge in [-0.15, -0.1) is 12.6 Å². The van der Waals surface area contributed by atoms with Crippen molar-refractivity contribution in [3.63, 3.8) is 0 Å². The van der Waals surface area contributed by atoms with E-state index in [2.05, 4.69) is 35.1 Å². The molecule has 21 heavy (non-hydrogen) atoms. The van der Waals surface area contributed by atoms with Crippen LogP contribution in [-0.2, 0) is 4.79 Å². The standard InChI is InChI=1S/C10H13NS2.C3H7N3OS/c12-9-4-3-5-10(8-9)13-11-6-1-2-7-11;4-2(1-8-6)3(5)7/h3-5,8,12H,1-2,6-7H2;1H,4,6H2,(H2,5,7)/b;2-1-. The molecule has 0 aromatic heterocycles. The maximum Gasteiger partial charge on any atom is 0.265 e. The first-order valence-electron chi connectivity index (χ1n) is 6.36. The van der Waals surface area contributed by atoms with Crippen LogP contribution in [0.25, 0.3) is 0 Å². The highest BCUT2D eigenvalue weighted by Crippen LogP contribution is 2.27. The van der Waals surface area contributed by atoms with Crippen molar-refractivity contribution in [2.75, 3.05) is 13.1 Å². The monoisotopic (exact) mass is 344 g/mol. The fourth-order valence-electron chi connectivity index (χ4n) is 1.60. The molecule has 0 bridgehead atoms. The Morgan fingerprint density at radius 1 is 1.29 bits per heavy atom.